The van der Waals surface area contributed by atoms with E-state index in [0.29, 0.717) is 0 Å². The van der Waals surface area contributed by atoms with Crippen LogP contribution in [0.25, 0.3) is 121 Å². The molecule has 14 rings (SSSR count). The first-order valence-corrected chi connectivity index (χ1v) is 23.1. The van der Waals surface area contributed by atoms with Gasteiger partial charge in [-0.2, -0.15) is 0 Å². The molecule has 0 radical (unpaired) electrons. The maximum absolute atomic E-state index is 6.64. The highest BCUT2D eigenvalue weighted by atomic mass is 16.3. The van der Waals surface area contributed by atoms with Gasteiger partial charge in [0, 0.05) is 66.6 Å². The number of para-hydroxylation sites is 3. The third kappa shape index (κ3) is 6.01. The Kier molecular flexibility index (Phi) is 8.55. The third-order valence-electron chi connectivity index (χ3n) is 13.7. The molecule has 4 nitrogen and oxygen atoms in total. The fourth-order valence-electron chi connectivity index (χ4n) is 10.6. The van der Waals surface area contributed by atoms with Crippen LogP contribution >= 0.6 is 0 Å². The van der Waals surface area contributed by atoms with E-state index in [0.717, 1.165) is 122 Å². The third-order valence-corrected chi connectivity index (χ3v) is 13.7. The number of furan rings is 3. The van der Waals surface area contributed by atoms with Gasteiger partial charge in [0.2, 0.25) is 0 Å². The van der Waals surface area contributed by atoms with Crippen LogP contribution in [0.15, 0.2) is 250 Å². The second-order valence-electron chi connectivity index (χ2n) is 17.5. The standard InChI is InChI=1S/C64H39NO3/c1-2-13-40(14-3-1)41-25-29-44(30-26-41)65(46-33-34-49-48-18-6-9-22-55(48)68-60(49)39-46)45-31-27-43(28-32-45)61-51(35-37-58-63(61)53-19-7-10-23-56(53)66-58)52-36-38-59-64(54-20-8-11-24-57(54)67-59)62(52)50-21-12-16-42-15-4-5-17-47(42)50/h1-39H. The van der Waals surface area contributed by atoms with Gasteiger partial charge >= 0.3 is 0 Å². The van der Waals surface area contributed by atoms with Crippen molar-refractivity contribution in [3.8, 4) is 44.5 Å². The van der Waals surface area contributed by atoms with Gasteiger partial charge in [-0.25, -0.2) is 0 Å². The maximum Gasteiger partial charge on any atom is 0.137 e. The van der Waals surface area contributed by atoms with Crippen LogP contribution in [-0.4, -0.2) is 0 Å². The molecule has 11 aromatic carbocycles. The van der Waals surface area contributed by atoms with Gasteiger partial charge in [-0.15, -0.1) is 0 Å². The molecule has 0 saturated heterocycles. The minimum Gasteiger partial charge on any atom is -0.456 e. The highest BCUT2D eigenvalue weighted by Crippen LogP contribution is 2.50. The predicted molar refractivity (Wildman–Crippen MR) is 282 cm³/mol. The quantitative estimate of drug-likeness (QED) is 0.160. The molecule has 0 saturated carbocycles. The van der Waals surface area contributed by atoms with Crippen molar-refractivity contribution in [3.05, 3.63) is 237 Å². The molecule has 0 unspecified atom stereocenters. The SMILES string of the molecule is c1ccc(-c2ccc(N(c3ccc(-c4c(-c5ccc6oc7ccccc7c6c5-c5cccc6ccccc56)ccc5oc6ccccc6c45)cc3)c3ccc4c(c3)oc3ccccc34)cc2)cc1. The van der Waals surface area contributed by atoms with E-state index in [-0.39, 0.29) is 0 Å². The van der Waals surface area contributed by atoms with E-state index in [1.165, 1.54) is 16.3 Å². The molecule has 0 bridgehead atoms. The van der Waals surface area contributed by atoms with E-state index in [1.807, 2.05) is 24.3 Å². The summed E-state index contributed by atoms with van der Waals surface area (Å²) in [6.07, 6.45) is 0. The summed E-state index contributed by atoms with van der Waals surface area (Å²) < 4.78 is 19.7. The molecule has 0 spiro atoms. The van der Waals surface area contributed by atoms with Crippen molar-refractivity contribution in [1.29, 1.82) is 0 Å². The van der Waals surface area contributed by atoms with Crippen LogP contribution in [0.4, 0.5) is 17.1 Å². The van der Waals surface area contributed by atoms with Crippen LogP contribution in [-0.2, 0) is 0 Å². The molecule has 4 heteroatoms. The molecule has 0 N–H and O–H groups in total. The topological polar surface area (TPSA) is 42.7 Å². The van der Waals surface area contributed by atoms with Crippen molar-refractivity contribution in [2.24, 2.45) is 0 Å². The van der Waals surface area contributed by atoms with Crippen LogP contribution < -0.4 is 4.90 Å². The molecule has 318 valence electrons. The van der Waals surface area contributed by atoms with Crippen LogP contribution in [0.1, 0.15) is 0 Å². The smallest absolute Gasteiger partial charge is 0.137 e. The molecule has 0 aliphatic rings. The lowest BCUT2D eigenvalue weighted by Gasteiger charge is -2.26. The molecular weight excluding hydrogens is 831 g/mol. The van der Waals surface area contributed by atoms with E-state index in [9.17, 15) is 0 Å². The monoisotopic (exact) mass is 869 g/mol. The van der Waals surface area contributed by atoms with E-state index >= 15 is 0 Å². The molecule has 0 aliphatic carbocycles. The zero-order chi connectivity index (χ0) is 44.7. The van der Waals surface area contributed by atoms with Gasteiger partial charge in [0.05, 0.1) is 0 Å². The molecular formula is C64H39NO3. The number of hydrogen-bond donors (Lipinski definition) is 0. The van der Waals surface area contributed by atoms with E-state index in [4.69, 9.17) is 13.3 Å². The normalized spacial score (nSPS) is 11.8. The van der Waals surface area contributed by atoms with Crippen molar-refractivity contribution in [2.45, 2.75) is 0 Å². The molecule has 3 heterocycles. The lowest BCUT2D eigenvalue weighted by Crippen LogP contribution is -2.09. The molecule has 0 aliphatic heterocycles. The minimum atomic E-state index is 0.842. The fraction of sp³-hybridized carbons (Fsp3) is 0. The Morgan fingerprint density at radius 1 is 0.250 bits per heavy atom. The van der Waals surface area contributed by atoms with Crippen molar-refractivity contribution in [2.75, 3.05) is 4.90 Å². The van der Waals surface area contributed by atoms with E-state index in [2.05, 4.69) is 217 Å². The number of nitrogens with zero attached hydrogens (tertiary/aromatic N) is 1. The Bertz CT molecular complexity index is 4250. The molecule has 0 atom stereocenters. The van der Waals surface area contributed by atoms with Crippen LogP contribution in [0.2, 0.25) is 0 Å². The summed E-state index contributed by atoms with van der Waals surface area (Å²) in [7, 11) is 0. The second kappa shape index (κ2) is 15.2. The van der Waals surface area contributed by atoms with Gasteiger partial charge in [0.25, 0.3) is 0 Å². The molecule has 68 heavy (non-hydrogen) atoms. The zero-order valence-electron chi connectivity index (χ0n) is 36.7. The van der Waals surface area contributed by atoms with Crippen molar-refractivity contribution >= 4 is 93.7 Å². The Morgan fingerprint density at radius 2 is 0.721 bits per heavy atom. The summed E-state index contributed by atoms with van der Waals surface area (Å²) in [5.74, 6) is 0. The molecule has 0 fully saturated rings. The van der Waals surface area contributed by atoms with Gasteiger partial charge in [-0.1, -0.05) is 152 Å². The van der Waals surface area contributed by atoms with Crippen LogP contribution in [0, 0.1) is 0 Å². The number of rotatable bonds is 7. The van der Waals surface area contributed by atoms with Gasteiger partial charge in [-0.3, -0.25) is 0 Å². The Balaban J connectivity index is 0.995. The van der Waals surface area contributed by atoms with Crippen molar-refractivity contribution < 1.29 is 13.3 Å². The van der Waals surface area contributed by atoms with Gasteiger partial charge in [0.15, 0.2) is 0 Å². The Labute approximate surface area is 391 Å². The summed E-state index contributed by atoms with van der Waals surface area (Å²) in [5, 5.41) is 8.92. The number of anilines is 3. The molecule has 14 aromatic rings. The molecule has 3 aromatic heterocycles. The van der Waals surface area contributed by atoms with Gasteiger partial charge in [-0.05, 0) is 123 Å². The number of fused-ring (bicyclic) bond motifs is 10. The summed E-state index contributed by atoms with van der Waals surface area (Å²) >= 11 is 0. The van der Waals surface area contributed by atoms with E-state index in [1.54, 1.807) is 0 Å². The van der Waals surface area contributed by atoms with Gasteiger partial charge in [0.1, 0.15) is 33.5 Å². The van der Waals surface area contributed by atoms with Crippen molar-refractivity contribution in [1.82, 2.24) is 0 Å². The molecule has 0 amide bonds. The van der Waals surface area contributed by atoms with Crippen LogP contribution in [0.5, 0.6) is 0 Å². The van der Waals surface area contributed by atoms with Gasteiger partial charge < -0.3 is 18.2 Å². The maximum atomic E-state index is 6.64. The van der Waals surface area contributed by atoms with Crippen molar-refractivity contribution in [3.63, 3.8) is 0 Å². The van der Waals surface area contributed by atoms with Crippen LogP contribution in [0.3, 0.4) is 0 Å². The fourth-order valence-corrected chi connectivity index (χ4v) is 10.6. The Morgan fingerprint density at radius 3 is 1.40 bits per heavy atom. The second-order valence-corrected chi connectivity index (χ2v) is 17.5. The minimum absolute atomic E-state index is 0.842. The lowest BCUT2D eigenvalue weighted by atomic mass is 9.84. The first-order chi connectivity index (χ1) is 33.7. The average Bonchev–Trinajstić information content (AvgIpc) is 4.10. The first kappa shape index (κ1) is 38.2. The highest BCUT2D eigenvalue weighted by Gasteiger charge is 2.25. The zero-order valence-corrected chi connectivity index (χ0v) is 36.7. The first-order valence-electron chi connectivity index (χ1n) is 23.1. The Hall–Kier alpha value is -9.12. The largest absolute Gasteiger partial charge is 0.456 e. The van der Waals surface area contributed by atoms with E-state index < -0.39 is 0 Å². The predicted octanol–water partition coefficient (Wildman–Crippen LogP) is 18.7. The summed E-state index contributed by atoms with van der Waals surface area (Å²) in [5.41, 5.74) is 17.3. The lowest BCUT2D eigenvalue weighted by molar-refractivity contribution is 0.668. The number of benzene rings is 11. The number of hydrogen-bond acceptors (Lipinski definition) is 4. The summed E-state index contributed by atoms with van der Waals surface area (Å²) in [6.45, 7) is 0. The summed E-state index contributed by atoms with van der Waals surface area (Å²) in [4.78, 5) is 2.32. The summed E-state index contributed by atoms with van der Waals surface area (Å²) in [6, 6.07) is 84.0. The average molecular weight is 870 g/mol. The highest BCUT2D eigenvalue weighted by molar-refractivity contribution is 6.22.